The van der Waals surface area contributed by atoms with Crippen molar-refractivity contribution in [3.63, 3.8) is 0 Å². The van der Waals surface area contributed by atoms with Crippen molar-refractivity contribution in [1.29, 1.82) is 0 Å². The molecule has 1 heterocycles. The van der Waals surface area contributed by atoms with Gasteiger partial charge in [0.2, 0.25) is 0 Å². The molecule has 2 bridgehead atoms. The van der Waals surface area contributed by atoms with Crippen molar-refractivity contribution in [2.24, 2.45) is 4.99 Å². The van der Waals surface area contributed by atoms with Crippen LogP contribution >= 0.6 is 11.8 Å². The molecule has 0 fully saturated rings. The topological polar surface area (TPSA) is 29.4 Å². The molecule has 0 atom stereocenters. The first kappa shape index (κ1) is 14.2. The van der Waals surface area contributed by atoms with E-state index in [-0.39, 0.29) is 21.1 Å². The third-order valence-corrected chi connectivity index (χ3v) is 4.55. The molecule has 0 unspecified atom stereocenters. The summed E-state index contributed by atoms with van der Waals surface area (Å²) in [7, 11) is 0. The molecule has 0 saturated heterocycles. The highest BCUT2D eigenvalue weighted by molar-refractivity contribution is 8.21. The van der Waals surface area contributed by atoms with Crippen molar-refractivity contribution in [3.8, 4) is 11.1 Å². The minimum atomic E-state index is -1.43. The van der Waals surface area contributed by atoms with E-state index in [0.29, 0.717) is 0 Å². The van der Waals surface area contributed by atoms with E-state index < -0.39 is 40.1 Å². The zero-order valence-electron chi connectivity index (χ0n) is 11.2. The number of hydrogen-bond acceptors (Lipinski definition) is 2. The van der Waals surface area contributed by atoms with Crippen LogP contribution in [0.1, 0.15) is 0 Å². The Morgan fingerprint density at radius 3 is 2.30 bits per heavy atom. The van der Waals surface area contributed by atoms with Gasteiger partial charge in [0.15, 0.2) is 11.6 Å². The number of benzene rings is 3. The van der Waals surface area contributed by atoms with E-state index >= 15 is 0 Å². The monoisotopic (exact) mass is 335 g/mol. The van der Waals surface area contributed by atoms with Gasteiger partial charge in [-0.3, -0.25) is 4.79 Å². The molecule has 2 nitrogen and oxygen atoms in total. The number of halogens is 4. The number of nitrogens with zero attached hydrogens (tertiary/aromatic N) is 1. The molecule has 0 aromatic heterocycles. The summed E-state index contributed by atoms with van der Waals surface area (Å²) < 4.78 is 56.7. The first-order valence-corrected chi connectivity index (χ1v) is 7.34. The van der Waals surface area contributed by atoms with Gasteiger partial charge in [0, 0.05) is 21.7 Å². The second-order valence-corrected chi connectivity index (χ2v) is 5.76. The van der Waals surface area contributed by atoms with Crippen LogP contribution in [0.25, 0.3) is 26.8 Å². The first-order chi connectivity index (χ1) is 11.0. The molecule has 0 N–H and O–H groups in total. The van der Waals surface area contributed by atoms with Crippen LogP contribution in [0.3, 0.4) is 0 Å². The Kier molecular flexibility index (Phi) is 2.96. The zero-order chi connectivity index (χ0) is 16.3. The van der Waals surface area contributed by atoms with Crippen LogP contribution in [-0.4, -0.2) is 11.5 Å². The molecule has 0 radical (unpaired) electrons. The van der Waals surface area contributed by atoms with Crippen molar-refractivity contribution < 1.29 is 22.4 Å². The minimum absolute atomic E-state index is 0.00730. The van der Waals surface area contributed by atoms with Gasteiger partial charge in [-0.1, -0.05) is 30.0 Å². The SMILES string of the molecule is O=C1N=CS/C1=c1\c2c(-c3ccccc3F)c(F)c(F)c1=C2F. The maximum absolute atomic E-state index is 14.3. The third kappa shape index (κ3) is 1.77. The summed E-state index contributed by atoms with van der Waals surface area (Å²) in [6.45, 7) is 0. The van der Waals surface area contributed by atoms with E-state index in [2.05, 4.69) is 4.99 Å². The number of carbonyl (C=O) groups is 1. The summed E-state index contributed by atoms with van der Waals surface area (Å²) in [5.41, 5.74) is 0.452. The smallest absolute Gasteiger partial charge is 0.266 e. The van der Waals surface area contributed by atoms with Crippen molar-refractivity contribution in [2.75, 3.05) is 0 Å². The number of amides is 1. The fourth-order valence-corrected chi connectivity index (χ4v) is 3.45. The van der Waals surface area contributed by atoms with Crippen LogP contribution in [0.2, 0.25) is 0 Å². The lowest BCUT2D eigenvalue weighted by Crippen LogP contribution is -2.24. The summed E-state index contributed by atoms with van der Waals surface area (Å²) in [6, 6.07) is 5.10. The molecule has 0 aliphatic carbocycles. The van der Waals surface area contributed by atoms with Crippen LogP contribution in [-0.2, 0) is 4.79 Å². The van der Waals surface area contributed by atoms with Crippen molar-refractivity contribution >= 4 is 38.9 Å². The second kappa shape index (κ2) is 4.79. The largest absolute Gasteiger partial charge is 0.284 e. The quantitative estimate of drug-likeness (QED) is 0.502. The second-order valence-electron chi connectivity index (χ2n) is 4.91. The predicted molar refractivity (Wildman–Crippen MR) is 80.1 cm³/mol. The number of fused-ring (bicyclic) bond motifs is 2. The molecular weight excluding hydrogens is 330 g/mol. The number of carbonyl (C=O) groups excluding carboxylic acids is 1. The van der Waals surface area contributed by atoms with Crippen LogP contribution in [0.15, 0.2) is 29.3 Å². The average Bonchev–Trinajstić information content (AvgIpc) is 2.94. The highest BCUT2D eigenvalue weighted by atomic mass is 32.2. The van der Waals surface area contributed by atoms with E-state index in [1.54, 1.807) is 0 Å². The van der Waals surface area contributed by atoms with Gasteiger partial charge in [0.25, 0.3) is 5.91 Å². The Labute approximate surface area is 130 Å². The summed E-state index contributed by atoms with van der Waals surface area (Å²) in [5.74, 6) is -5.21. The van der Waals surface area contributed by atoms with Crippen LogP contribution in [0, 0.1) is 23.3 Å². The predicted octanol–water partition coefficient (Wildman–Crippen LogP) is 3.63. The van der Waals surface area contributed by atoms with Crippen LogP contribution in [0.4, 0.5) is 17.6 Å². The number of hydrogen-bond donors (Lipinski definition) is 0. The molecular formula is C16H5F4NOS. The van der Waals surface area contributed by atoms with E-state index in [9.17, 15) is 22.4 Å². The summed E-state index contributed by atoms with van der Waals surface area (Å²) in [4.78, 5) is 15.2. The van der Waals surface area contributed by atoms with Gasteiger partial charge >= 0.3 is 0 Å². The standard InChI is InChI=1S/C16H5F4NOS/c17-7-4-2-1-3-6(7)8-9-10(15-16(22)21-5-23-15)11(12(9)18)14(20)13(8)19/h1-5H/b15-10+. The lowest BCUT2D eigenvalue weighted by Gasteiger charge is -2.18. The van der Waals surface area contributed by atoms with Gasteiger partial charge in [-0.2, -0.15) is 0 Å². The first-order valence-electron chi connectivity index (χ1n) is 6.46. The number of thioether (sulfide) groups is 1. The summed E-state index contributed by atoms with van der Waals surface area (Å²) in [5, 5.41) is -0.920. The Balaban J connectivity index is 2.18. The lowest BCUT2D eigenvalue weighted by atomic mass is 9.89. The van der Waals surface area contributed by atoms with E-state index in [1.807, 2.05) is 0 Å². The van der Waals surface area contributed by atoms with Gasteiger partial charge in [-0.15, -0.1) is 0 Å². The summed E-state index contributed by atoms with van der Waals surface area (Å²) >= 11 is 0.896. The van der Waals surface area contributed by atoms with Gasteiger partial charge < -0.3 is 0 Å². The van der Waals surface area contributed by atoms with E-state index in [0.717, 1.165) is 17.8 Å². The number of aliphatic imine (C=N–C) groups is 1. The highest BCUT2D eigenvalue weighted by Gasteiger charge is 2.32. The lowest BCUT2D eigenvalue weighted by molar-refractivity contribution is -0.112. The Hall–Kier alpha value is -2.41. The van der Waals surface area contributed by atoms with Crippen molar-refractivity contribution in [1.82, 2.24) is 0 Å². The van der Waals surface area contributed by atoms with Gasteiger partial charge in [-0.05, 0) is 6.07 Å². The van der Waals surface area contributed by atoms with Gasteiger partial charge in [-0.25, -0.2) is 22.6 Å². The molecule has 1 amide bonds. The molecule has 114 valence electrons. The van der Waals surface area contributed by atoms with Gasteiger partial charge in [0.05, 0.1) is 15.8 Å². The maximum atomic E-state index is 14.3. The average molecular weight is 335 g/mol. The van der Waals surface area contributed by atoms with E-state index in [4.69, 9.17) is 0 Å². The van der Waals surface area contributed by atoms with Crippen molar-refractivity contribution in [2.45, 2.75) is 0 Å². The molecule has 1 aliphatic rings. The molecule has 0 saturated carbocycles. The fourth-order valence-electron chi connectivity index (χ4n) is 2.72. The number of rotatable bonds is 1. The van der Waals surface area contributed by atoms with E-state index in [1.165, 1.54) is 23.7 Å². The molecule has 23 heavy (non-hydrogen) atoms. The Morgan fingerprint density at radius 1 is 0.913 bits per heavy atom. The fraction of sp³-hybridized carbons (Fsp3) is 0. The Morgan fingerprint density at radius 2 is 1.65 bits per heavy atom. The normalized spacial score (nSPS) is 17.0. The molecule has 7 heteroatoms. The Bertz CT molecular complexity index is 1060. The molecule has 4 aromatic carbocycles. The maximum Gasteiger partial charge on any atom is 0.284 e. The van der Waals surface area contributed by atoms with Gasteiger partial charge in [0.1, 0.15) is 11.6 Å². The molecule has 1 aliphatic heterocycles. The molecule has 5 rings (SSSR count). The van der Waals surface area contributed by atoms with Crippen molar-refractivity contribution in [3.05, 3.63) is 52.8 Å². The molecule has 4 aromatic rings. The minimum Gasteiger partial charge on any atom is -0.266 e. The zero-order valence-corrected chi connectivity index (χ0v) is 12.0. The van der Waals surface area contributed by atoms with Crippen LogP contribution < -0.4 is 5.22 Å². The summed E-state index contributed by atoms with van der Waals surface area (Å²) in [6.07, 6.45) is 0. The van der Waals surface area contributed by atoms with Crippen LogP contribution in [0.5, 0.6) is 0 Å². The highest BCUT2D eigenvalue weighted by Crippen LogP contribution is 2.39. The molecule has 0 spiro atoms. The third-order valence-electron chi connectivity index (χ3n) is 3.73.